The van der Waals surface area contributed by atoms with Crippen LogP contribution >= 0.6 is 0 Å². The molecule has 0 spiro atoms. The minimum Gasteiger partial charge on any atom is -0.198 e. The molecule has 0 aliphatic carbocycles. The van der Waals surface area contributed by atoms with Gasteiger partial charge in [-0.2, -0.15) is 10.5 Å². The normalized spacial score (nSPS) is 7.30. The standard InChI is InChI=1S/C3H5N.C2H4N4/c1-2-3-4;1-2-3-5-6-4-2/h2H2,1H3;1H3,(H,3,4,5,6). The van der Waals surface area contributed by atoms with Crippen molar-refractivity contribution in [3.05, 3.63) is 5.82 Å². The Labute approximate surface area is 59.1 Å². The Morgan fingerprint density at radius 1 is 1.70 bits per heavy atom. The molecular weight excluding hydrogens is 130 g/mol. The molecule has 1 rings (SSSR count). The van der Waals surface area contributed by atoms with Crippen LogP contribution in [0.4, 0.5) is 0 Å². The summed E-state index contributed by atoms with van der Waals surface area (Å²) in [6.07, 6.45) is 0.625. The van der Waals surface area contributed by atoms with E-state index in [1.807, 2.05) is 13.0 Å². The molecule has 0 saturated carbocycles. The Morgan fingerprint density at radius 3 is 2.40 bits per heavy atom. The second kappa shape index (κ2) is 5.69. The minimum absolute atomic E-state index is 0.625. The van der Waals surface area contributed by atoms with Gasteiger partial charge >= 0.3 is 0 Å². The van der Waals surface area contributed by atoms with Crippen LogP contribution in [-0.4, -0.2) is 20.6 Å². The van der Waals surface area contributed by atoms with Crippen molar-refractivity contribution in [3.8, 4) is 6.07 Å². The summed E-state index contributed by atoms with van der Waals surface area (Å²) < 4.78 is 0. The van der Waals surface area contributed by atoms with Crippen LogP contribution < -0.4 is 0 Å². The molecule has 1 aromatic rings. The highest BCUT2D eigenvalue weighted by Gasteiger charge is 1.78. The molecule has 5 nitrogen and oxygen atoms in total. The van der Waals surface area contributed by atoms with Gasteiger partial charge in [0.15, 0.2) is 5.82 Å². The van der Waals surface area contributed by atoms with Gasteiger partial charge in [-0.1, -0.05) is 12.1 Å². The summed E-state index contributed by atoms with van der Waals surface area (Å²) in [5.41, 5.74) is 0. The van der Waals surface area contributed by atoms with E-state index in [2.05, 4.69) is 20.6 Å². The number of nitrogens with one attached hydrogen (secondary N) is 1. The first-order chi connectivity index (χ1) is 4.81. The third kappa shape index (κ3) is 4.71. The maximum Gasteiger partial charge on any atom is 0.171 e. The lowest BCUT2D eigenvalue weighted by Crippen LogP contribution is -1.69. The molecule has 5 heteroatoms. The van der Waals surface area contributed by atoms with Crippen LogP contribution in [-0.2, 0) is 0 Å². The van der Waals surface area contributed by atoms with E-state index in [4.69, 9.17) is 5.26 Å². The van der Waals surface area contributed by atoms with Gasteiger partial charge in [-0.25, -0.2) is 0 Å². The number of aromatic nitrogens is 4. The van der Waals surface area contributed by atoms with Gasteiger partial charge in [0.2, 0.25) is 0 Å². The average molecular weight is 139 g/mol. The van der Waals surface area contributed by atoms with E-state index in [1.165, 1.54) is 0 Å². The molecule has 1 heterocycles. The quantitative estimate of drug-likeness (QED) is 0.565. The fourth-order valence-corrected chi connectivity index (χ4v) is 0.212. The molecule has 10 heavy (non-hydrogen) atoms. The van der Waals surface area contributed by atoms with Gasteiger partial charge in [0, 0.05) is 6.42 Å². The van der Waals surface area contributed by atoms with Gasteiger partial charge in [-0.3, -0.25) is 0 Å². The molecule has 0 unspecified atom stereocenters. The van der Waals surface area contributed by atoms with Crippen molar-refractivity contribution >= 4 is 0 Å². The number of nitriles is 1. The zero-order valence-corrected chi connectivity index (χ0v) is 6.00. The number of hydrogen-bond donors (Lipinski definition) is 1. The largest absolute Gasteiger partial charge is 0.198 e. The Kier molecular flexibility index (Phi) is 4.87. The Bertz CT molecular complexity index is 184. The number of hydrogen-bond acceptors (Lipinski definition) is 4. The molecule has 54 valence electrons. The van der Waals surface area contributed by atoms with Gasteiger partial charge in [-0.15, -0.1) is 10.2 Å². The molecule has 0 amide bonds. The molecule has 0 atom stereocenters. The Balaban J connectivity index is 0.000000180. The van der Waals surface area contributed by atoms with E-state index in [0.29, 0.717) is 12.2 Å². The van der Waals surface area contributed by atoms with Gasteiger partial charge in [0.05, 0.1) is 6.07 Å². The molecule has 0 aliphatic rings. The van der Waals surface area contributed by atoms with Crippen LogP contribution in [0, 0.1) is 18.3 Å². The van der Waals surface area contributed by atoms with Gasteiger partial charge in [-0.05, 0) is 6.92 Å². The third-order valence-electron chi connectivity index (χ3n) is 0.609. The van der Waals surface area contributed by atoms with Crippen LogP contribution in [0.1, 0.15) is 19.2 Å². The van der Waals surface area contributed by atoms with Gasteiger partial charge in [0.25, 0.3) is 0 Å². The number of aromatic amines is 1. The highest BCUT2D eigenvalue weighted by Crippen LogP contribution is 1.69. The fraction of sp³-hybridized carbons (Fsp3) is 0.600. The summed E-state index contributed by atoms with van der Waals surface area (Å²) in [6, 6.07) is 1.93. The number of rotatable bonds is 0. The topological polar surface area (TPSA) is 78.2 Å². The summed E-state index contributed by atoms with van der Waals surface area (Å²) in [7, 11) is 0. The lowest BCUT2D eigenvalue weighted by Gasteiger charge is -1.59. The molecule has 1 aromatic heterocycles. The molecule has 0 radical (unpaired) electrons. The van der Waals surface area contributed by atoms with E-state index in [0.717, 1.165) is 0 Å². The summed E-state index contributed by atoms with van der Waals surface area (Å²) in [6.45, 7) is 3.59. The van der Waals surface area contributed by atoms with Crippen LogP contribution in [0.25, 0.3) is 0 Å². The van der Waals surface area contributed by atoms with Crippen molar-refractivity contribution in [2.45, 2.75) is 20.3 Å². The van der Waals surface area contributed by atoms with E-state index < -0.39 is 0 Å². The highest BCUT2D eigenvalue weighted by molar-refractivity contribution is 4.63. The van der Waals surface area contributed by atoms with Crippen molar-refractivity contribution in [1.82, 2.24) is 20.6 Å². The monoisotopic (exact) mass is 139 g/mol. The first kappa shape index (κ1) is 8.56. The number of H-pyrrole nitrogens is 1. The van der Waals surface area contributed by atoms with Crippen molar-refractivity contribution in [2.75, 3.05) is 0 Å². The lowest BCUT2D eigenvalue weighted by atomic mass is 10.6. The summed E-state index contributed by atoms with van der Waals surface area (Å²) in [5, 5.41) is 20.3. The molecule has 0 fully saturated rings. The van der Waals surface area contributed by atoms with Crippen LogP contribution in [0.2, 0.25) is 0 Å². The molecule has 0 aromatic carbocycles. The van der Waals surface area contributed by atoms with E-state index in [1.54, 1.807) is 6.92 Å². The predicted molar refractivity (Wildman–Crippen MR) is 34.8 cm³/mol. The van der Waals surface area contributed by atoms with Crippen molar-refractivity contribution in [1.29, 1.82) is 5.26 Å². The molecule has 0 bridgehead atoms. The number of tetrazole rings is 1. The van der Waals surface area contributed by atoms with Gasteiger partial charge < -0.3 is 0 Å². The number of aryl methyl sites for hydroxylation is 1. The third-order valence-corrected chi connectivity index (χ3v) is 0.609. The first-order valence-corrected chi connectivity index (χ1v) is 2.88. The molecule has 0 aliphatic heterocycles. The van der Waals surface area contributed by atoms with Crippen LogP contribution in [0.15, 0.2) is 0 Å². The van der Waals surface area contributed by atoms with Crippen molar-refractivity contribution in [3.63, 3.8) is 0 Å². The summed E-state index contributed by atoms with van der Waals surface area (Å²) in [5.74, 6) is 0.676. The average Bonchev–Trinajstić information content (AvgIpc) is 2.40. The lowest BCUT2D eigenvalue weighted by molar-refractivity contribution is 0.881. The zero-order chi connectivity index (χ0) is 7.82. The van der Waals surface area contributed by atoms with Crippen LogP contribution in [0.3, 0.4) is 0 Å². The zero-order valence-electron chi connectivity index (χ0n) is 6.00. The van der Waals surface area contributed by atoms with Crippen LogP contribution in [0.5, 0.6) is 0 Å². The minimum atomic E-state index is 0.625. The summed E-state index contributed by atoms with van der Waals surface area (Å²) >= 11 is 0. The molecule has 1 N–H and O–H groups in total. The Morgan fingerprint density at radius 2 is 2.30 bits per heavy atom. The smallest absolute Gasteiger partial charge is 0.171 e. The second-order valence-electron chi connectivity index (χ2n) is 1.47. The SMILES string of the molecule is CCC#N.Cc1nn[nH]n1. The Hall–Kier alpha value is -1.44. The maximum atomic E-state index is 7.62. The van der Waals surface area contributed by atoms with Gasteiger partial charge in [0.1, 0.15) is 0 Å². The van der Waals surface area contributed by atoms with Crippen molar-refractivity contribution in [2.24, 2.45) is 0 Å². The molecule has 0 saturated heterocycles. The van der Waals surface area contributed by atoms with E-state index in [-0.39, 0.29) is 0 Å². The first-order valence-electron chi connectivity index (χ1n) is 2.88. The number of nitrogens with zero attached hydrogens (tertiary/aromatic N) is 4. The fourth-order valence-electron chi connectivity index (χ4n) is 0.212. The van der Waals surface area contributed by atoms with E-state index in [9.17, 15) is 0 Å². The predicted octanol–water partition coefficient (Wildman–Crippen LogP) is 0.428. The molecular formula is C5H9N5. The van der Waals surface area contributed by atoms with E-state index >= 15 is 0 Å². The van der Waals surface area contributed by atoms with Crippen molar-refractivity contribution < 1.29 is 0 Å². The highest BCUT2D eigenvalue weighted by atomic mass is 15.5. The maximum absolute atomic E-state index is 7.62. The summed E-state index contributed by atoms with van der Waals surface area (Å²) in [4.78, 5) is 0. The second-order valence-corrected chi connectivity index (χ2v) is 1.47.